The van der Waals surface area contributed by atoms with Gasteiger partial charge in [-0.1, -0.05) is 35.7 Å². The first kappa shape index (κ1) is 22.5. The Morgan fingerprint density at radius 1 is 1.26 bits per heavy atom. The highest BCUT2D eigenvalue weighted by Crippen LogP contribution is 2.34. The second-order valence-corrected chi connectivity index (χ2v) is 9.46. The van der Waals surface area contributed by atoms with Gasteiger partial charge in [-0.25, -0.2) is 10.4 Å². The number of fused-ring (bicyclic) bond motifs is 1. The van der Waals surface area contributed by atoms with E-state index in [-0.39, 0.29) is 11.7 Å². The Balaban J connectivity index is 1.34. The number of ketones is 1. The maximum Gasteiger partial charge on any atom is 0.245 e. The fraction of sp³-hybridized carbons (Fsp3) is 0.481. The van der Waals surface area contributed by atoms with Gasteiger partial charge in [0.05, 0.1) is 25.1 Å². The van der Waals surface area contributed by atoms with Crippen LogP contribution in [0.4, 0.5) is 11.8 Å². The Bertz CT molecular complexity index is 1140. The van der Waals surface area contributed by atoms with Crippen LogP contribution in [0.2, 0.25) is 0 Å². The minimum absolute atomic E-state index is 0.0676. The molecular weight excluding hydrogens is 426 g/mol. The third kappa shape index (κ3) is 5.81. The molecule has 1 unspecified atom stereocenters. The van der Waals surface area contributed by atoms with E-state index in [0.717, 1.165) is 67.8 Å². The van der Waals surface area contributed by atoms with Crippen molar-refractivity contribution in [2.45, 2.75) is 45.4 Å². The lowest BCUT2D eigenvalue weighted by Gasteiger charge is -2.33. The zero-order valence-corrected chi connectivity index (χ0v) is 19.7. The van der Waals surface area contributed by atoms with Gasteiger partial charge >= 0.3 is 0 Å². The van der Waals surface area contributed by atoms with Gasteiger partial charge in [-0.05, 0) is 56.4 Å². The van der Waals surface area contributed by atoms with Crippen molar-refractivity contribution in [3.8, 4) is 11.8 Å². The number of aryl methyl sites for hydroxylation is 2. The second-order valence-electron chi connectivity index (χ2n) is 9.46. The quantitative estimate of drug-likeness (QED) is 0.309. The number of nitrogens with one attached hydrogen (secondary N) is 1. The van der Waals surface area contributed by atoms with Crippen molar-refractivity contribution in [2.75, 3.05) is 36.6 Å². The summed E-state index contributed by atoms with van der Waals surface area (Å²) in [6.45, 7) is 5.03. The number of anilines is 2. The van der Waals surface area contributed by atoms with Crippen LogP contribution in [-0.2, 0) is 22.4 Å². The Kier molecular flexibility index (Phi) is 6.87. The highest BCUT2D eigenvalue weighted by molar-refractivity contribution is 5.95. The van der Waals surface area contributed by atoms with E-state index in [9.17, 15) is 4.79 Å². The number of nitrogens with zero attached hydrogens (tertiary/aromatic N) is 4. The molecule has 0 bridgehead atoms. The Morgan fingerprint density at radius 3 is 2.91 bits per heavy atom. The summed E-state index contributed by atoms with van der Waals surface area (Å²) in [7, 11) is 0. The molecule has 1 aromatic heterocycles. The van der Waals surface area contributed by atoms with E-state index in [1.54, 1.807) is 6.21 Å². The molecule has 1 saturated carbocycles. The summed E-state index contributed by atoms with van der Waals surface area (Å²) in [5.74, 6) is 8.24. The van der Waals surface area contributed by atoms with Crippen LogP contribution in [0.3, 0.4) is 0 Å². The number of Topliss-reactive ketones (excluding diaryl/α,β-unsaturated/α-hetero) is 1. The zero-order chi connectivity index (χ0) is 23.3. The van der Waals surface area contributed by atoms with Gasteiger partial charge < -0.3 is 9.64 Å². The molecule has 7 heteroatoms. The monoisotopic (exact) mass is 457 g/mol. The van der Waals surface area contributed by atoms with Gasteiger partial charge in [0.2, 0.25) is 11.7 Å². The van der Waals surface area contributed by atoms with Crippen molar-refractivity contribution in [1.29, 1.82) is 0 Å². The number of rotatable bonds is 6. The maximum absolute atomic E-state index is 12.4. The van der Waals surface area contributed by atoms with E-state index in [1.165, 1.54) is 5.56 Å². The SMILES string of the molecule is Cc1cccc(/C=N/Nc2nc3c(c(N4CCOCC4)n2)CC(CC(=O)C#CC2CC2)CC3)c1. The van der Waals surface area contributed by atoms with Gasteiger partial charge in [0.25, 0.3) is 0 Å². The van der Waals surface area contributed by atoms with Crippen LogP contribution in [0.5, 0.6) is 0 Å². The third-order valence-corrected chi connectivity index (χ3v) is 6.55. The molecule has 0 amide bonds. The molecule has 1 aromatic carbocycles. The molecule has 34 heavy (non-hydrogen) atoms. The van der Waals surface area contributed by atoms with E-state index in [0.29, 0.717) is 31.5 Å². The second kappa shape index (κ2) is 10.4. The van der Waals surface area contributed by atoms with Crippen LogP contribution >= 0.6 is 0 Å². The van der Waals surface area contributed by atoms with E-state index in [2.05, 4.69) is 46.3 Å². The van der Waals surface area contributed by atoms with E-state index in [1.807, 2.05) is 12.1 Å². The fourth-order valence-corrected chi connectivity index (χ4v) is 4.56. The normalized spacial score (nSPS) is 19.9. The smallest absolute Gasteiger partial charge is 0.245 e. The number of hydrogen-bond donors (Lipinski definition) is 1. The number of aromatic nitrogens is 2. The predicted octanol–water partition coefficient (Wildman–Crippen LogP) is 3.55. The van der Waals surface area contributed by atoms with Crippen molar-refractivity contribution < 1.29 is 9.53 Å². The first-order valence-electron chi connectivity index (χ1n) is 12.3. The average molecular weight is 458 g/mol. The molecule has 0 radical (unpaired) electrons. The van der Waals surface area contributed by atoms with Crippen LogP contribution in [0, 0.1) is 30.6 Å². The Hall–Kier alpha value is -3.24. The summed E-state index contributed by atoms with van der Waals surface area (Å²) in [4.78, 5) is 24.3. The van der Waals surface area contributed by atoms with Crippen LogP contribution in [0.1, 0.15) is 48.1 Å². The lowest BCUT2D eigenvalue weighted by atomic mass is 9.83. The highest BCUT2D eigenvalue weighted by atomic mass is 16.5. The average Bonchev–Trinajstić information content (AvgIpc) is 3.68. The number of carbonyl (C=O) groups is 1. The largest absolute Gasteiger partial charge is 0.378 e. The molecule has 1 N–H and O–H groups in total. The van der Waals surface area contributed by atoms with Crippen molar-refractivity contribution >= 4 is 23.8 Å². The zero-order valence-electron chi connectivity index (χ0n) is 19.7. The fourth-order valence-electron chi connectivity index (χ4n) is 4.56. The maximum atomic E-state index is 12.4. The standard InChI is InChI=1S/C27H31N5O2/c1-19-3-2-4-22(15-19)18-28-31-27-29-25-10-8-21(16-23(33)9-7-20-5-6-20)17-24(25)26(30-27)32-11-13-34-14-12-32/h2-4,15,18,20-21H,5-6,8,10-14,16-17H2,1H3,(H,29,30,31)/b28-18+. The van der Waals surface area contributed by atoms with Gasteiger partial charge in [0.15, 0.2) is 0 Å². The van der Waals surface area contributed by atoms with Crippen molar-refractivity contribution in [3.63, 3.8) is 0 Å². The third-order valence-electron chi connectivity index (χ3n) is 6.55. The van der Waals surface area contributed by atoms with Gasteiger partial charge in [-0.3, -0.25) is 4.79 Å². The number of morpholine rings is 1. The number of benzene rings is 1. The number of hydrazone groups is 1. The van der Waals surface area contributed by atoms with Gasteiger partial charge in [-0.15, -0.1) is 0 Å². The molecule has 2 fully saturated rings. The van der Waals surface area contributed by atoms with Gasteiger partial charge in [0.1, 0.15) is 5.82 Å². The molecular formula is C27H31N5O2. The Morgan fingerprint density at radius 2 is 2.12 bits per heavy atom. The summed E-state index contributed by atoms with van der Waals surface area (Å²) in [6, 6.07) is 8.17. The molecule has 7 nitrogen and oxygen atoms in total. The Labute approximate surface area is 201 Å². The summed E-state index contributed by atoms with van der Waals surface area (Å²) in [5, 5.41) is 4.38. The molecule has 1 atom stereocenters. The number of ether oxygens (including phenoxy) is 1. The minimum atomic E-state index is 0.0676. The summed E-state index contributed by atoms with van der Waals surface area (Å²) in [5.41, 5.74) is 7.46. The van der Waals surface area contributed by atoms with E-state index in [4.69, 9.17) is 14.7 Å². The molecule has 1 aliphatic heterocycles. The number of hydrogen-bond acceptors (Lipinski definition) is 7. The highest BCUT2D eigenvalue weighted by Gasteiger charge is 2.28. The summed E-state index contributed by atoms with van der Waals surface area (Å²) >= 11 is 0. The first-order chi connectivity index (χ1) is 16.6. The molecule has 2 heterocycles. The van der Waals surface area contributed by atoms with Crippen molar-refractivity contribution in [2.24, 2.45) is 16.9 Å². The van der Waals surface area contributed by atoms with E-state index < -0.39 is 0 Å². The summed E-state index contributed by atoms with van der Waals surface area (Å²) < 4.78 is 5.56. The lowest BCUT2D eigenvalue weighted by Crippen LogP contribution is -2.38. The van der Waals surface area contributed by atoms with Crippen molar-refractivity contribution in [1.82, 2.24) is 9.97 Å². The molecule has 0 spiro atoms. The molecule has 2 aliphatic carbocycles. The first-order valence-corrected chi connectivity index (χ1v) is 12.3. The molecule has 176 valence electrons. The minimum Gasteiger partial charge on any atom is -0.378 e. The lowest BCUT2D eigenvalue weighted by molar-refractivity contribution is -0.114. The van der Waals surface area contributed by atoms with Crippen LogP contribution < -0.4 is 10.3 Å². The van der Waals surface area contributed by atoms with E-state index >= 15 is 0 Å². The topological polar surface area (TPSA) is 79.7 Å². The van der Waals surface area contributed by atoms with Gasteiger partial charge in [-0.2, -0.15) is 10.1 Å². The molecule has 2 aromatic rings. The van der Waals surface area contributed by atoms with Crippen LogP contribution in [0.15, 0.2) is 29.4 Å². The predicted molar refractivity (Wildman–Crippen MR) is 133 cm³/mol. The number of carbonyl (C=O) groups excluding carboxylic acids is 1. The molecule has 5 rings (SSSR count). The summed E-state index contributed by atoms with van der Waals surface area (Å²) in [6.07, 6.45) is 7.17. The van der Waals surface area contributed by atoms with Gasteiger partial charge in [0, 0.05) is 31.0 Å². The molecule has 3 aliphatic rings. The van der Waals surface area contributed by atoms with Crippen molar-refractivity contribution in [3.05, 3.63) is 46.6 Å². The van der Waals surface area contributed by atoms with Crippen LogP contribution in [0.25, 0.3) is 0 Å². The van der Waals surface area contributed by atoms with Crippen LogP contribution in [-0.4, -0.2) is 48.3 Å². The molecule has 1 saturated heterocycles.